The van der Waals surface area contributed by atoms with Gasteiger partial charge in [-0.2, -0.15) is 0 Å². The van der Waals surface area contributed by atoms with E-state index in [1.165, 1.54) is 77.0 Å². The largest absolute Gasteiger partial charge is 0.388 e. The molecule has 0 radical (unpaired) electrons. The van der Waals surface area contributed by atoms with Gasteiger partial charge in [-0.1, -0.05) is 89.7 Å². The molecule has 3 N–H and O–H groups in total. The summed E-state index contributed by atoms with van der Waals surface area (Å²) < 4.78 is 10.6. The summed E-state index contributed by atoms with van der Waals surface area (Å²) in [5.74, 6) is 0. The summed E-state index contributed by atoms with van der Waals surface area (Å²) in [4.78, 5) is 0. The fourth-order valence-electron chi connectivity index (χ4n) is 3.61. The van der Waals surface area contributed by atoms with E-state index in [4.69, 9.17) is 9.47 Å². The number of aliphatic hydroxyl groups is 3. The van der Waals surface area contributed by atoms with Gasteiger partial charge in [0.1, 0.15) is 24.4 Å². The van der Waals surface area contributed by atoms with E-state index in [-0.39, 0.29) is 13.2 Å². The van der Waals surface area contributed by atoms with Gasteiger partial charge in [0.15, 0.2) is 0 Å². The molecule has 0 aromatic carbocycles. The van der Waals surface area contributed by atoms with Crippen LogP contribution in [0.5, 0.6) is 0 Å². The van der Waals surface area contributed by atoms with Crippen LogP contribution >= 0.6 is 0 Å². The molecular weight excluding hydrogens is 356 g/mol. The van der Waals surface area contributed by atoms with Crippen molar-refractivity contribution in [2.75, 3.05) is 19.8 Å². The minimum absolute atomic E-state index is 0.0574. The lowest BCUT2D eigenvalue weighted by molar-refractivity contribution is -0.0782. The third-order valence-electron chi connectivity index (χ3n) is 5.46. The number of aliphatic hydroxyl groups excluding tert-OH is 3. The minimum Gasteiger partial charge on any atom is -0.388 e. The molecule has 1 aliphatic rings. The van der Waals surface area contributed by atoms with Crippen LogP contribution in [0.15, 0.2) is 12.2 Å². The van der Waals surface area contributed by atoms with E-state index in [0.29, 0.717) is 6.61 Å². The van der Waals surface area contributed by atoms with Gasteiger partial charge >= 0.3 is 0 Å². The molecule has 0 saturated carbocycles. The summed E-state index contributed by atoms with van der Waals surface area (Å²) >= 11 is 0. The predicted molar refractivity (Wildman–Crippen MR) is 113 cm³/mol. The Kier molecular flexibility index (Phi) is 15.9. The monoisotopic (exact) mass is 400 g/mol. The second-order valence-electron chi connectivity index (χ2n) is 8.11. The highest BCUT2D eigenvalue weighted by molar-refractivity contribution is 4.88. The summed E-state index contributed by atoms with van der Waals surface area (Å²) in [6, 6.07) is 0. The first-order valence-electron chi connectivity index (χ1n) is 11.5. The van der Waals surface area contributed by atoms with Crippen LogP contribution in [0.25, 0.3) is 0 Å². The van der Waals surface area contributed by atoms with Gasteiger partial charge in [-0.25, -0.2) is 0 Å². The number of unbranched alkanes of at least 4 members (excludes halogenated alkanes) is 12. The quantitative estimate of drug-likeness (QED) is 0.238. The molecule has 1 heterocycles. The standard InChI is InChI=1S/C23H44O5/c1-2-3-4-5-6-7-8-9-10-11-12-13-14-15-16-17-27-18-21(25)23-22(26)20(24)19-28-23/h15-16,20-26H,2-14,17-19H2,1H3/b16-15+/t20-,21+,22-,23-/m0/s1. The summed E-state index contributed by atoms with van der Waals surface area (Å²) in [5, 5.41) is 29.0. The number of hydrogen-bond acceptors (Lipinski definition) is 5. The number of hydrogen-bond donors (Lipinski definition) is 3. The third-order valence-corrected chi connectivity index (χ3v) is 5.46. The molecule has 0 spiro atoms. The van der Waals surface area contributed by atoms with Crippen molar-refractivity contribution in [2.45, 2.75) is 115 Å². The lowest BCUT2D eigenvalue weighted by atomic mass is 10.0. The summed E-state index contributed by atoms with van der Waals surface area (Å²) in [6.07, 6.45) is 17.9. The number of rotatable bonds is 18. The minimum atomic E-state index is -1.04. The van der Waals surface area contributed by atoms with Crippen LogP contribution in [0, 0.1) is 0 Å². The van der Waals surface area contributed by atoms with Gasteiger partial charge in [-0.05, 0) is 12.8 Å². The molecule has 1 fully saturated rings. The molecule has 0 aromatic rings. The van der Waals surface area contributed by atoms with Gasteiger partial charge in [0, 0.05) is 0 Å². The van der Waals surface area contributed by atoms with Crippen LogP contribution in [-0.4, -0.2) is 59.6 Å². The van der Waals surface area contributed by atoms with E-state index in [2.05, 4.69) is 13.0 Å². The maximum absolute atomic E-state index is 9.92. The van der Waals surface area contributed by atoms with Gasteiger partial charge in [-0.3, -0.25) is 0 Å². The average molecular weight is 401 g/mol. The van der Waals surface area contributed by atoms with E-state index in [1.807, 2.05) is 6.08 Å². The van der Waals surface area contributed by atoms with Crippen molar-refractivity contribution in [3.8, 4) is 0 Å². The summed E-state index contributed by atoms with van der Waals surface area (Å²) in [7, 11) is 0. The Balaban J connectivity index is 1.81. The van der Waals surface area contributed by atoms with Gasteiger partial charge in [0.25, 0.3) is 0 Å². The summed E-state index contributed by atoms with van der Waals surface area (Å²) in [6.45, 7) is 2.86. The topological polar surface area (TPSA) is 79.2 Å². The van der Waals surface area contributed by atoms with E-state index in [0.717, 1.165) is 6.42 Å². The molecule has 0 aromatic heterocycles. The molecule has 28 heavy (non-hydrogen) atoms. The Morgan fingerprint density at radius 1 is 0.893 bits per heavy atom. The van der Waals surface area contributed by atoms with Crippen molar-refractivity contribution in [2.24, 2.45) is 0 Å². The van der Waals surface area contributed by atoms with E-state index in [9.17, 15) is 15.3 Å². The maximum Gasteiger partial charge on any atom is 0.114 e. The van der Waals surface area contributed by atoms with Crippen LogP contribution in [0.2, 0.25) is 0 Å². The molecule has 0 aliphatic carbocycles. The zero-order chi connectivity index (χ0) is 20.5. The van der Waals surface area contributed by atoms with Crippen molar-refractivity contribution in [3.05, 3.63) is 12.2 Å². The lowest BCUT2D eigenvalue weighted by Crippen LogP contribution is -2.40. The average Bonchev–Trinajstić information content (AvgIpc) is 3.03. The fourth-order valence-corrected chi connectivity index (χ4v) is 3.61. The molecule has 1 aliphatic heterocycles. The highest BCUT2D eigenvalue weighted by atomic mass is 16.5. The Morgan fingerprint density at radius 3 is 2.00 bits per heavy atom. The normalized spacial score (nSPS) is 23.6. The first-order chi connectivity index (χ1) is 13.7. The van der Waals surface area contributed by atoms with Gasteiger partial charge in [0.2, 0.25) is 0 Å². The first-order valence-corrected chi connectivity index (χ1v) is 11.5. The number of ether oxygens (including phenoxy) is 2. The van der Waals surface area contributed by atoms with Gasteiger partial charge < -0.3 is 24.8 Å². The smallest absolute Gasteiger partial charge is 0.114 e. The third kappa shape index (κ3) is 12.2. The molecule has 1 rings (SSSR count). The van der Waals surface area contributed by atoms with Crippen LogP contribution < -0.4 is 0 Å². The van der Waals surface area contributed by atoms with Crippen LogP contribution in [0.4, 0.5) is 0 Å². The molecule has 166 valence electrons. The first kappa shape index (κ1) is 25.6. The van der Waals surface area contributed by atoms with Crippen molar-refractivity contribution in [3.63, 3.8) is 0 Å². The molecule has 5 heteroatoms. The molecule has 4 atom stereocenters. The zero-order valence-corrected chi connectivity index (χ0v) is 17.9. The molecular formula is C23H44O5. The van der Waals surface area contributed by atoms with Crippen molar-refractivity contribution < 1.29 is 24.8 Å². The van der Waals surface area contributed by atoms with Crippen molar-refractivity contribution in [1.82, 2.24) is 0 Å². The Morgan fingerprint density at radius 2 is 1.46 bits per heavy atom. The Hall–Kier alpha value is -0.460. The Bertz CT molecular complexity index is 374. The van der Waals surface area contributed by atoms with Gasteiger partial charge in [-0.15, -0.1) is 0 Å². The van der Waals surface area contributed by atoms with E-state index >= 15 is 0 Å². The fraction of sp³-hybridized carbons (Fsp3) is 0.913. The number of allylic oxidation sites excluding steroid dienone is 1. The van der Waals surface area contributed by atoms with Crippen LogP contribution in [0.1, 0.15) is 90.4 Å². The summed E-state index contributed by atoms with van der Waals surface area (Å²) in [5.41, 5.74) is 0. The second kappa shape index (κ2) is 17.4. The SMILES string of the molecule is CCCCCCCCCCCCCC/C=C/COC[C@@H](O)[C@@H]1OC[C@H](O)[C@@H]1O. The van der Waals surface area contributed by atoms with Crippen molar-refractivity contribution >= 4 is 0 Å². The van der Waals surface area contributed by atoms with E-state index in [1.54, 1.807) is 0 Å². The molecule has 0 bridgehead atoms. The lowest BCUT2D eigenvalue weighted by Gasteiger charge is -2.20. The van der Waals surface area contributed by atoms with Crippen molar-refractivity contribution in [1.29, 1.82) is 0 Å². The highest BCUT2D eigenvalue weighted by Gasteiger charge is 2.39. The maximum atomic E-state index is 9.92. The van der Waals surface area contributed by atoms with E-state index < -0.39 is 24.4 Å². The molecule has 0 unspecified atom stereocenters. The molecule has 0 amide bonds. The van der Waals surface area contributed by atoms with Gasteiger partial charge in [0.05, 0.1) is 19.8 Å². The van der Waals surface area contributed by atoms with Crippen LogP contribution in [0.3, 0.4) is 0 Å². The molecule has 5 nitrogen and oxygen atoms in total. The predicted octanol–water partition coefficient (Wildman–Crippen LogP) is 4.13. The zero-order valence-electron chi connectivity index (χ0n) is 17.9. The Labute approximate surface area is 172 Å². The molecule has 1 saturated heterocycles. The van der Waals surface area contributed by atoms with Crippen LogP contribution in [-0.2, 0) is 9.47 Å². The highest BCUT2D eigenvalue weighted by Crippen LogP contribution is 2.17. The second-order valence-corrected chi connectivity index (χ2v) is 8.11.